The van der Waals surface area contributed by atoms with Crippen molar-refractivity contribution < 1.29 is 24.9 Å². The molecule has 1 radical (unpaired) electrons. The highest BCUT2D eigenvalue weighted by Crippen LogP contribution is 2.17. The van der Waals surface area contributed by atoms with E-state index in [1.54, 1.807) is 18.4 Å². The largest absolute Gasteiger partial charge is 0.386 e. The van der Waals surface area contributed by atoms with Gasteiger partial charge < -0.3 is 10.2 Å². The Balaban J connectivity index is 4.63. The van der Waals surface area contributed by atoms with Gasteiger partial charge in [-0.05, 0) is 32.1 Å². The molecule has 0 bridgehead atoms. The summed E-state index contributed by atoms with van der Waals surface area (Å²) in [6.07, 6.45) is 10.8. The number of hydrogen-bond acceptors (Lipinski definition) is 7. The Morgan fingerprint density at radius 2 is 1.59 bits per heavy atom. The molecule has 0 aliphatic carbocycles. The number of rotatable bonds is 18. The average Bonchev–Trinajstić information content (AvgIpc) is 2.67. The molecule has 0 heterocycles. The molecule has 29 heavy (non-hydrogen) atoms. The van der Waals surface area contributed by atoms with Crippen molar-refractivity contribution in [3.05, 3.63) is 44.5 Å². The predicted molar refractivity (Wildman–Crippen MR) is 109 cm³/mol. The third-order valence-electron chi connectivity index (χ3n) is 4.65. The average molecular weight is 413 g/mol. The van der Waals surface area contributed by atoms with Crippen molar-refractivity contribution in [3.63, 3.8) is 0 Å². The molecule has 0 rings (SSSR count). The first-order chi connectivity index (χ1) is 13.8. The van der Waals surface area contributed by atoms with E-state index in [0.717, 1.165) is 19.3 Å². The molecule has 0 spiro atoms. The number of aliphatic hydroxyl groups excluding tert-OH is 2. The van der Waals surface area contributed by atoms with Crippen LogP contribution in [0.1, 0.15) is 71.1 Å². The molecule has 4 atom stereocenters. The van der Waals surface area contributed by atoms with E-state index in [-0.39, 0.29) is 25.7 Å². The zero-order chi connectivity index (χ0) is 22.1. The molecular formula is C20H33N2O7. The second kappa shape index (κ2) is 16.8. The van der Waals surface area contributed by atoms with Crippen LogP contribution in [-0.2, 0) is 4.79 Å². The lowest BCUT2D eigenvalue weighted by atomic mass is 9.95. The number of hydrogen-bond donors (Lipinski definition) is 2. The van der Waals surface area contributed by atoms with Crippen LogP contribution < -0.4 is 0 Å². The van der Waals surface area contributed by atoms with Gasteiger partial charge in [-0.1, -0.05) is 44.1 Å². The summed E-state index contributed by atoms with van der Waals surface area (Å²) < 4.78 is 0. The fourth-order valence-electron chi connectivity index (χ4n) is 2.88. The van der Waals surface area contributed by atoms with Gasteiger partial charge in [0.2, 0.25) is 12.1 Å². The monoisotopic (exact) mass is 413 g/mol. The van der Waals surface area contributed by atoms with Crippen LogP contribution in [0.5, 0.6) is 0 Å². The van der Waals surface area contributed by atoms with Crippen LogP contribution in [0.15, 0.2) is 24.3 Å². The van der Waals surface area contributed by atoms with E-state index in [1.807, 2.05) is 6.08 Å². The van der Waals surface area contributed by atoms with Crippen molar-refractivity contribution in [1.82, 2.24) is 0 Å². The van der Waals surface area contributed by atoms with Gasteiger partial charge in [-0.2, -0.15) is 0 Å². The van der Waals surface area contributed by atoms with E-state index in [1.165, 1.54) is 6.42 Å². The van der Waals surface area contributed by atoms with Crippen LogP contribution >= 0.6 is 0 Å². The van der Waals surface area contributed by atoms with Gasteiger partial charge in [0, 0.05) is 22.7 Å². The van der Waals surface area contributed by atoms with Crippen molar-refractivity contribution in [1.29, 1.82) is 0 Å². The molecule has 165 valence electrons. The minimum Gasteiger partial charge on any atom is -0.386 e. The Hall–Kier alpha value is -2.13. The standard InChI is InChI=1S/C20H33N2O7/c1-2-3-4-5-6-7-8-9-10-13-17(21(26)27)20(25)16-18(22(28)29)19(24)14-11-12-15-23/h6-7,9-10,17-20,24-25H,2-5,8,11-14,16H2,1H3/b7-6-,10-9-. The van der Waals surface area contributed by atoms with Gasteiger partial charge in [-0.25, -0.2) is 0 Å². The van der Waals surface area contributed by atoms with Gasteiger partial charge in [-0.15, -0.1) is 0 Å². The van der Waals surface area contributed by atoms with Crippen LogP contribution in [0.25, 0.3) is 0 Å². The van der Waals surface area contributed by atoms with Gasteiger partial charge in [0.15, 0.2) is 6.29 Å². The lowest BCUT2D eigenvalue weighted by Gasteiger charge is -2.20. The Kier molecular flexibility index (Phi) is 15.6. The minimum atomic E-state index is -1.57. The molecule has 9 heteroatoms. The Bertz CT molecular complexity index is 537. The van der Waals surface area contributed by atoms with Crippen LogP contribution in [0.2, 0.25) is 0 Å². The first-order valence-corrected chi connectivity index (χ1v) is 10.1. The van der Waals surface area contributed by atoms with Gasteiger partial charge in [0.1, 0.15) is 12.2 Å². The van der Waals surface area contributed by atoms with Gasteiger partial charge >= 0.3 is 0 Å². The minimum absolute atomic E-state index is 0.0127. The molecule has 0 fully saturated rings. The molecule has 0 aromatic carbocycles. The second-order valence-corrected chi connectivity index (χ2v) is 7.02. The normalized spacial score (nSPS) is 16.0. The highest BCUT2D eigenvalue weighted by molar-refractivity contribution is 5.50. The molecule has 2 N–H and O–H groups in total. The smallest absolute Gasteiger partial charge is 0.242 e. The van der Waals surface area contributed by atoms with Crippen molar-refractivity contribution >= 4 is 6.29 Å². The lowest BCUT2D eigenvalue weighted by molar-refractivity contribution is -0.553. The number of carbonyl (C=O) groups excluding carboxylic acids is 1. The molecule has 9 nitrogen and oxygen atoms in total. The summed E-state index contributed by atoms with van der Waals surface area (Å²) in [7, 11) is 0. The summed E-state index contributed by atoms with van der Waals surface area (Å²) in [5, 5.41) is 42.6. The molecule has 0 saturated heterocycles. The molecule has 0 saturated carbocycles. The Morgan fingerprint density at radius 3 is 2.17 bits per heavy atom. The zero-order valence-corrected chi connectivity index (χ0v) is 17.0. The maximum absolute atomic E-state index is 11.3. The van der Waals surface area contributed by atoms with Gasteiger partial charge in [-0.3, -0.25) is 25.0 Å². The summed E-state index contributed by atoms with van der Waals surface area (Å²) >= 11 is 0. The maximum atomic E-state index is 11.3. The van der Waals surface area contributed by atoms with E-state index in [9.17, 15) is 35.2 Å². The Morgan fingerprint density at radius 1 is 0.931 bits per heavy atom. The fourth-order valence-corrected chi connectivity index (χ4v) is 2.88. The Labute approximate surface area is 171 Å². The lowest BCUT2D eigenvalue weighted by Crippen LogP contribution is -2.42. The number of unbranched alkanes of at least 4 members (excludes halogenated alkanes) is 4. The second-order valence-electron chi connectivity index (χ2n) is 7.02. The van der Waals surface area contributed by atoms with Gasteiger partial charge in [0.05, 0.1) is 6.42 Å². The van der Waals surface area contributed by atoms with Crippen LogP contribution in [0, 0.1) is 20.2 Å². The van der Waals surface area contributed by atoms with Crippen molar-refractivity contribution in [2.24, 2.45) is 0 Å². The fraction of sp³-hybridized carbons (Fsp3) is 0.750. The summed E-state index contributed by atoms with van der Waals surface area (Å²) in [6, 6.07) is -2.92. The number of aliphatic hydroxyl groups is 2. The SMILES string of the molecule is CCCCC/C=C\C/C=C\CC(C(O)CC(C(O)CCC[C]=O)[N+](=O)[O-])[N+](=O)[O-]. The maximum Gasteiger partial charge on any atom is 0.242 e. The topological polar surface area (TPSA) is 144 Å². The van der Waals surface area contributed by atoms with E-state index in [4.69, 9.17) is 0 Å². The van der Waals surface area contributed by atoms with Crippen LogP contribution in [0.3, 0.4) is 0 Å². The molecule has 0 aliphatic rings. The summed E-state index contributed by atoms with van der Waals surface area (Å²) in [6.45, 7) is 2.13. The quantitative estimate of drug-likeness (QED) is 0.152. The third-order valence-corrected chi connectivity index (χ3v) is 4.65. The van der Waals surface area contributed by atoms with Crippen LogP contribution in [0.4, 0.5) is 0 Å². The molecule has 0 amide bonds. The highest BCUT2D eigenvalue weighted by Gasteiger charge is 2.38. The number of allylic oxidation sites excluding steroid dienone is 3. The van der Waals surface area contributed by atoms with Crippen LogP contribution in [-0.4, -0.2) is 50.6 Å². The van der Waals surface area contributed by atoms with Crippen molar-refractivity contribution in [2.75, 3.05) is 0 Å². The van der Waals surface area contributed by atoms with E-state index in [0.29, 0.717) is 6.42 Å². The third kappa shape index (κ3) is 12.8. The molecular weight excluding hydrogens is 380 g/mol. The highest BCUT2D eigenvalue weighted by atomic mass is 16.6. The van der Waals surface area contributed by atoms with Gasteiger partial charge in [0.25, 0.3) is 0 Å². The van der Waals surface area contributed by atoms with Crippen molar-refractivity contribution in [2.45, 2.75) is 95.4 Å². The molecule has 0 aromatic rings. The van der Waals surface area contributed by atoms with E-state index >= 15 is 0 Å². The van der Waals surface area contributed by atoms with E-state index in [2.05, 4.69) is 13.0 Å². The summed E-state index contributed by atoms with van der Waals surface area (Å²) in [4.78, 5) is 31.3. The summed E-state index contributed by atoms with van der Waals surface area (Å²) in [5.41, 5.74) is 0. The number of nitro groups is 2. The summed E-state index contributed by atoms with van der Waals surface area (Å²) in [5.74, 6) is 0. The van der Waals surface area contributed by atoms with E-state index < -0.39 is 40.6 Å². The van der Waals surface area contributed by atoms with Crippen molar-refractivity contribution in [3.8, 4) is 0 Å². The number of nitrogens with zero attached hydrogens (tertiary/aromatic N) is 2. The molecule has 0 aliphatic heterocycles. The predicted octanol–water partition coefficient (Wildman–Crippen LogP) is 3.14. The first-order valence-electron chi connectivity index (χ1n) is 10.1. The zero-order valence-electron chi connectivity index (χ0n) is 17.0. The first kappa shape index (κ1) is 26.9. The molecule has 4 unspecified atom stereocenters. The molecule has 0 aromatic heterocycles.